The maximum absolute atomic E-state index is 11.8. The minimum Gasteiger partial charge on any atom is -0.330 e. The molecule has 1 aliphatic heterocycles. The molecule has 0 aromatic rings. The predicted molar refractivity (Wildman–Crippen MR) is 55.9 cm³/mol. The van der Waals surface area contributed by atoms with Gasteiger partial charge in [0.15, 0.2) is 0 Å². The summed E-state index contributed by atoms with van der Waals surface area (Å²) in [5.74, 6) is 0.0267. The van der Waals surface area contributed by atoms with E-state index in [2.05, 4.69) is 0 Å². The molecule has 4 nitrogen and oxygen atoms in total. The first kappa shape index (κ1) is 10.6. The molecule has 0 bridgehead atoms. The number of hydrogen-bond acceptors (Lipinski definition) is 3. The van der Waals surface area contributed by atoms with E-state index >= 15 is 0 Å². The number of carbonyl (C=O) groups excluding carboxylic acids is 2. The van der Waals surface area contributed by atoms with Crippen molar-refractivity contribution in [2.75, 3.05) is 13.1 Å². The van der Waals surface area contributed by atoms with Gasteiger partial charge in [-0.2, -0.15) is 0 Å². The van der Waals surface area contributed by atoms with Crippen molar-refractivity contribution >= 4 is 11.8 Å². The summed E-state index contributed by atoms with van der Waals surface area (Å²) < 4.78 is 0. The second kappa shape index (κ2) is 3.93. The Bertz CT molecular complexity index is 264. The van der Waals surface area contributed by atoms with E-state index < -0.39 is 0 Å². The number of rotatable bonds is 3. The summed E-state index contributed by atoms with van der Waals surface area (Å²) in [6, 6.07) is 0. The Morgan fingerprint density at radius 2 is 1.80 bits per heavy atom. The fourth-order valence-corrected chi connectivity index (χ4v) is 2.56. The molecule has 2 amide bonds. The van der Waals surface area contributed by atoms with Gasteiger partial charge in [-0.25, -0.2) is 0 Å². The Hall–Kier alpha value is -0.900. The average Bonchev–Trinajstić information content (AvgIpc) is 2.14. The van der Waals surface area contributed by atoms with Crippen LogP contribution in [0.15, 0.2) is 0 Å². The molecule has 1 saturated heterocycles. The van der Waals surface area contributed by atoms with Crippen LogP contribution < -0.4 is 5.73 Å². The van der Waals surface area contributed by atoms with E-state index in [4.69, 9.17) is 5.73 Å². The van der Waals surface area contributed by atoms with Gasteiger partial charge >= 0.3 is 0 Å². The lowest BCUT2D eigenvalue weighted by atomic mass is 9.63. The summed E-state index contributed by atoms with van der Waals surface area (Å²) in [4.78, 5) is 25.0. The van der Waals surface area contributed by atoms with Gasteiger partial charge in [-0.1, -0.05) is 6.42 Å². The van der Waals surface area contributed by atoms with Crippen molar-refractivity contribution in [2.24, 2.45) is 11.1 Å². The average molecular weight is 210 g/mol. The molecule has 2 aliphatic rings. The van der Waals surface area contributed by atoms with E-state index in [-0.39, 0.29) is 17.2 Å². The zero-order chi connectivity index (χ0) is 10.9. The van der Waals surface area contributed by atoms with Crippen LogP contribution in [0, 0.1) is 5.41 Å². The summed E-state index contributed by atoms with van der Waals surface area (Å²) in [5, 5.41) is 0. The molecule has 0 radical (unpaired) electrons. The standard InChI is InChI=1S/C11H18N2O2/c12-5-2-6-13-9(14)7-11(3-1-4-11)8-10(13)15/h1-8,12H2. The number of piperidine rings is 1. The van der Waals surface area contributed by atoms with Crippen LogP contribution in [0.25, 0.3) is 0 Å². The number of amides is 2. The third kappa shape index (κ3) is 1.91. The molecule has 2 fully saturated rings. The molecule has 4 heteroatoms. The summed E-state index contributed by atoms with van der Waals surface area (Å²) in [7, 11) is 0. The maximum atomic E-state index is 11.8. The van der Waals surface area contributed by atoms with E-state index in [1.165, 1.54) is 11.3 Å². The van der Waals surface area contributed by atoms with E-state index in [9.17, 15) is 9.59 Å². The quantitative estimate of drug-likeness (QED) is 0.696. The third-order valence-electron chi connectivity index (χ3n) is 3.65. The van der Waals surface area contributed by atoms with Gasteiger partial charge in [-0.05, 0) is 31.2 Å². The van der Waals surface area contributed by atoms with Crippen LogP contribution in [0.2, 0.25) is 0 Å². The van der Waals surface area contributed by atoms with Crippen molar-refractivity contribution in [2.45, 2.75) is 38.5 Å². The summed E-state index contributed by atoms with van der Waals surface area (Å²) in [6.07, 6.45) is 5.13. The third-order valence-corrected chi connectivity index (χ3v) is 3.65. The lowest BCUT2D eigenvalue weighted by molar-refractivity contribution is -0.156. The molecule has 0 atom stereocenters. The molecular formula is C11H18N2O2. The second-order valence-electron chi connectivity index (χ2n) is 4.79. The first-order valence-electron chi connectivity index (χ1n) is 5.70. The summed E-state index contributed by atoms with van der Waals surface area (Å²) >= 11 is 0. The minimum atomic E-state index is 0.0133. The zero-order valence-electron chi connectivity index (χ0n) is 9.00. The fraction of sp³-hybridized carbons (Fsp3) is 0.818. The van der Waals surface area contributed by atoms with Gasteiger partial charge in [0.1, 0.15) is 0 Å². The zero-order valence-corrected chi connectivity index (χ0v) is 9.00. The fourth-order valence-electron chi connectivity index (χ4n) is 2.56. The lowest BCUT2D eigenvalue weighted by Crippen LogP contribution is -2.50. The molecule has 1 heterocycles. The van der Waals surface area contributed by atoms with E-state index in [1.54, 1.807) is 0 Å². The highest BCUT2D eigenvalue weighted by Gasteiger charge is 2.46. The monoisotopic (exact) mass is 210 g/mol. The Balaban J connectivity index is 1.98. The Morgan fingerprint density at radius 3 is 2.20 bits per heavy atom. The second-order valence-corrected chi connectivity index (χ2v) is 4.79. The Morgan fingerprint density at radius 1 is 1.20 bits per heavy atom. The van der Waals surface area contributed by atoms with Gasteiger partial charge in [0.25, 0.3) is 0 Å². The molecule has 84 valence electrons. The molecule has 1 aliphatic carbocycles. The number of imide groups is 1. The smallest absolute Gasteiger partial charge is 0.229 e. The summed E-state index contributed by atoms with van der Waals surface area (Å²) in [6.45, 7) is 1.03. The van der Waals surface area contributed by atoms with Gasteiger partial charge in [0.05, 0.1) is 0 Å². The van der Waals surface area contributed by atoms with Crippen LogP contribution in [0.1, 0.15) is 38.5 Å². The van der Waals surface area contributed by atoms with Crippen molar-refractivity contribution in [1.82, 2.24) is 4.90 Å². The number of carbonyl (C=O) groups is 2. The van der Waals surface area contributed by atoms with E-state index in [0.29, 0.717) is 32.4 Å². The van der Waals surface area contributed by atoms with Crippen LogP contribution in [-0.4, -0.2) is 29.8 Å². The largest absolute Gasteiger partial charge is 0.330 e. The number of nitrogens with zero attached hydrogens (tertiary/aromatic N) is 1. The summed E-state index contributed by atoms with van der Waals surface area (Å²) in [5.41, 5.74) is 5.43. The molecule has 0 aromatic heterocycles. The maximum Gasteiger partial charge on any atom is 0.229 e. The highest BCUT2D eigenvalue weighted by atomic mass is 16.2. The molecule has 2 N–H and O–H groups in total. The number of nitrogens with two attached hydrogens (primary N) is 1. The van der Waals surface area contributed by atoms with Crippen LogP contribution in [0.5, 0.6) is 0 Å². The molecule has 2 rings (SSSR count). The lowest BCUT2D eigenvalue weighted by Gasteiger charge is -2.46. The molecule has 1 saturated carbocycles. The van der Waals surface area contributed by atoms with Gasteiger partial charge in [0.2, 0.25) is 11.8 Å². The van der Waals surface area contributed by atoms with E-state index in [1.807, 2.05) is 0 Å². The van der Waals surface area contributed by atoms with Crippen LogP contribution >= 0.6 is 0 Å². The first-order chi connectivity index (χ1) is 7.17. The topological polar surface area (TPSA) is 63.4 Å². The SMILES string of the molecule is NCCCN1C(=O)CC2(CCC2)CC1=O. The van der Waals surface area contributed by atoms with Crippen molar-refractivity contribution in [3.8, 4) is 0 Å². The van der Waals surface area contributed by atoms with Gasteiger partial charge < -0.3 is 5.73 Å². The van der Waals surface area contributed by atoms with Crippen LogP contribution in [-0.2, 0) is 9.59 Å². The Kier molecular flexibility index (Phi) is 2.78. The van der Waals surface area contributed by atoms with Crippen molar-refractivity contribution in [1.29, 1.82) is 0 Å². The first-order valence-corrected chi connectivity index (χ1v) is 5.70. The van der Waals surface area contributed by atoms with Crippen molar-refractivity contribution in [3.63, 3.8) is 0 Å². The molecule has 0 aromatic carbocycles. The van der Waals surface area contributed by atoms with Crippen molar-refractivity contribution in [3.05, 3.63) is 0 Å². The molecule has 0 unspecified atom stereocenters. The van der Waals surface area contributed by atoms with Gasteiger partial charge in [0, 0.05) is 19.4 Å². The van der Waals surface area contributed by atoms with Crippen LogP contribution in [0.4, 0.5) is 0 Å². The molecule has 1 spiro atoms. The van der Waals surface area contributed by atoms with Crippen molar-refractivity contribution < 1.29 is 9.59 Å². The minimum absolute atomic E-state index is 0.0133. The Labute approximate surface area is 89.8 Å². The predicted octanol–water partition coefficient (Wildman–Crippen LogP) is 0.654. The van der Waals surface area contributed by atoms with Crippen LogP contribution in [0.3, 0.4) is 0 Å². The number of hydrogen-bond donors (Lipinski definition) is 1. The number of likely N-dealkylation sites (tertiary alicyclic amines) is 1. The molecule has 15 heavy (non-hydrogen) atoms. The normalized spacial score (nSPS) is 24.5. The van der Waals surface area contributed by atoms with Gasteiger partial charge in [-0.15, -0.1) is 0 Å². The molecular weight excluding hydrogens is 192 g/mol. The van der Waals surface area contributed by atoms with Gasteiger partial charge in [-0.3, -0.25) is 14.5 Å². The highest BCUT2D eigenvalue weighted by Crippen LogP contribution is 2.49. The highest BCUT2D eigenvalue weighted by molar-refractivity contribution is 5.98. The van der Waals surface area contributed by atoms with E-state index in [0.717, 1.165) is 12.8 Å².